The van der Waals surface area contributed by atoms with Gasteiger partial charge in [-0.15, -0.1) is 0 Å². The van der Waals surface area contributed by atoms with E-state index in [4.69, 9.17) is 11.5 Å². The van der Waals surface area contributed by atoms with Crippen molar-refractivity contribution in [1.82, 2.24) is 19.9 Å². The first kappa shape index (κ1) is 22.3. The van der Waals surface area contributed by atoms with E-state index in [1.807, 2.05) is 24.1 Å². The fourth-order valence-corrected chi connectivity index (χ4v) is 3.77. The molecule has 4 N–H and O–H groups in total. The van der Waals surface area contributed by atoms with E-state index < -0.39 is 0 Å². The Morgan fingerprint density at radius 3 is 2.58 bits per heavy atom. The number of hydrogen-bond acceptors (Lipinski definition) is 7. The van der Waals surface area contributed by atoms with Crippen molar-refractivity contribution in [2.45, 2.75) is 25.8 Å². The Morgan fingerprint density at radius 2 is 1.79 bits per heavy atom. The van der Waals surface area contributed by atoms with Gasteiger partial charge in [-0.1, -0.05) is 43.3 Å². The average Bonchev–Trinajstić information content (AvgIpc) is 2.83. The van der Waals surface area contributed by atoms with Crippen LogP contribution in [-0.2, 0) is 13.0 Å². The molecule has 4 aromatic rings. The van der Waals surface area contributed by atoms with Crippen LogP contribution in [0.4, 0.5) is 22.0 Å². The molecule has 2 aromatic carbocycles. The highest BCUT2D eigenvalue weighted by molar-refractivity contribution is 5.63. The number of benzene rings is 2. The molecule has 0 saturated carbocycles. The van der Waals surface area contributed by atoms with Gasteiger partial charge in [0, 0.05) is 37.1 Å². The van der Waals surface area contributed by atoms with Crippen molar-refractivity contribution in [1.29, 1.82) is 0 Å². The van der Waals surface area contributed by atoms with Gasteiger partial charge >= 0.3 is 0 Å². The second kappa shape index (κ2) is 9.70. The van der Waals surface area contributed by atoms with E-state index in [2.05, 4.69) is 39.0 Å². The number of aromatic nitrogens is 4. The lowest BCUT2D eigenvalue weighted by Crippen LogP contribution is -2.18. The zero-order valence-corrected chi connectivity index (χ0v) is 18.6. The quantitative estimate of drug-likeness (QED) is 0.440. The number of anilines is 3. The zero-order chi connectivity index (χ0) is 23.4. The number of hydrogen-bond donors (Lipinski definition) is 2. The van der Waals surface area contributed by atoms with Crippen molar-refractivity contribution >= 4 is 17.6 Å². The highest BCUT2D eigenvalue weighted by Crippen LogP contribution is 2.32. The van der Waals surface area contributed by atoms with E-state index >= 15 is 0 Å². The first-order chi connectivity index (χ1) is 15.9. The van der Waals surface area contributed by atoms with Crippen molar-refractivity contribution in [3.8, 4) is 11.4 Å². The summed E-state index contributed by atoms with van der Waals surface area (Å²) in [6, 6.07) is 16.2. The molecule has 168 valence electrons. The van der Waals surface area contributed by atoms with Gasteiger partial charge < -0.3 is 16.4 Å². The SMILES string of the molecule is C[C@@H](Cc1cccc(CN)c1)c1cnc(N)nc1N(C)c1ccnc(-c2cccc(F)c2)n1. The molecule has 0 bridgehead atoms. The first-order valence-corrected chi connectivity index (χ1v) is 10.7. The molecule has 1 atom stereocenters. The zero-order valence-electron chi connectivity index (χ0n) is 18.6. The minimum atomic E-state index is -0.340. The van der Waals surface area contributed by atoms with Crippen LogP contribution in [-0.4, -0.2) is 27.0 Å². The van der Waals surface area contributed by atoms with Gasteiger partial charge in [-0.2, -0.15) is 4.98 Å². The number of nitrogens with zero attached hydrogens (tertiary/aromatic N) is 5. The summed E-state index contributed by atoms with van der Waals surface area (Å²) in [7, 11) is 1.87. The van der Waals surface area contributed by atoms with E-state index in [0.717, 1.165) is 17.5 Å². The lowest BCUT2D eigenvalue weighted by atomic mass is 9.94. The number of nitrogens with two attached hydrogens (primary N) is 2. The fraction of sp³-hybridized carbons (Fsp3) is 0.200. The molecule has 0 unspecified atom stereocenters. The third-order valence-corrected chi connectivity index (χ3v) is 5.50. The Hall–Kier alpha value is -3.91. The number of halogens is 1. The van der Waals surface area contributed by atoms with Gasteiger partial charge in [-0.25, -0.2) is 19.3 Å². The summed E-state index contributed by atoms with van der Waals surface area (Å²) in [5.41, 5.74) is 15.5. The highest BCUT2D eigenvalue weighted by Gasteiger charge is 2.19. The molecular weight excluding hydrogens is 417 g/mol. The molecule has 0 aliphatic heterocycles. The van der Waals surface area contributed by atoms with Gasteiger partial charge in [0.1, 0.15) is 17.5 Å². The monoisotopic (exact) mass is 443 g/mol. The summed E-state index contributed by atoms with van der Waals surface area (Å²) in [6.07, 6.45) is 4.20. The smallest absolute Gasteiger partial charge is 0.221 e. The molecule has 0 aliphatic carbocycles. The van der Waals surface area contributed by atoms with Gasteiger partial charge in [0.15, 0.2) is 5.82 Å². The van der Waals surface area contributed by atoms with Crippen LogP contribution >= 0.6 is 0 Å². The van der Waals surface area contributed by atoms with Crippen LogP contribution in [0, 0.1) is 5.82 Å². The molecule has 0 saturated heterocycles. The standard InChI is InChI=1S/C25H26FN7/c1-16(11-17-5-3-6-18(12-17)14-27)21-15-30-25(28)32-24(21)33(2)22-9-10-29-23(31-22)19-7-4-8-20(26)13-19/h3-10,12-13,15-16H,11,14,27H2,1-2H3,(H2,28,30,32)/t16-/m0/s1. The number of rotatable bonds is 7. The van der Waals surface area contributed by atoms with Gasteiger partial charge in [0.05, 0.1) is 0 Å². The summed E-state index contributed by atoms with van der Waals surface area (Å²) in [4.78, 5) is 19.5. The molecule has 7 nitrogen and oxygen atoms in total. The number of nitrogen functional groups attached to an aromatic ring is 1. The van der Waals surface area contributed by atoms with E-state index in [1.54, 1.807) is 30.6 Å². The maximum absolute atomic E-state index is 13.7. The maximum atomic E-state index is 13.7. The lowest BCUT2D eigenvalue weighted by molar-refractivity contribution is 0.628. The van der Waals surface area contributed by atoms with Gasteiger partial charge in [0.2, 0.25) is 5.95 Å². The van der Waals surface area contributed by atoms with Crippen molar-refractivity contribution in [2.24, 2.45) is 5.73 Å². The summed E-state index contributed by atoms with van der Waals surface area (Å²) >= 11 is 0. The Kier molecular flexibility index (Phi) is 6.55. The predicted molar refractivity (Wildman–Crippen MR) is 128 cm³/mol. The molecule has 2 heterocycles. The second-order valence-corrected chi connectivity index (χ2v) is 7.94. The van der Waals surface area contributed by atoms with E-state index in [-0.39, 0.29) is 17.7 Å². The van der Waals surface area contributed by atoms with E-state index in [9.17, 15) is 4.39 Å². The van der Waals surface area contributed by atoms with Crippen molar-refractivity contribution in [3.63, 3.8) is 0 Å². The van der Waals surface area contributed by atoms with Crippen LogP contribution in [0.1, 0.15) is 29.5 Å². The van der Waals surface area contributed by atoms with Crippen LogP contribution < -0.4 is 16.4 Å². The Balaban J connectivity index is 1.66. The molecule has 4 rings (SSSR count). The molecule has 0 aliphatic rings. The van der Waals surface area contributed by atoms with Gasteiger partial charge in [-0.3, -0.25) is 0 Å². The third kappa shape index (κ3) is 5.12. The van der Waals surface area contributed by atoms with Crippen LogP contribution in [0.5, 0.6) is 0 Å². The highest BCUT2D eigenvalue weighted by atomic mass is 19.1. The normalized spacial score (nSPS) is 11.9. The van der Waals surface area contributed by atoms with Gasteiger partial charge in [-0.05, 0) is 41.7 Å². The third-order valence-electron chi connectivity index (χ3n) is 5.50. The molecule has 2 aromatic heterocycles. The lowest BCUT2D eigenvalue weighted by Gasteiger charge is -2.23. The molecular formula is C25H26FN7. The van der Waals surface area contributed by atoms with Crippen LogP contribution in [0.25, 0.3) is 11.4 Å². The Bertz CT molecular complexity index is 1260. The van der Waals surface area contributed by atoms with E-state index in [1.165, 1.54) is 17.7 Å². The Morgan fingerprint density at radius 1 is 1.00 bits per heavy atom. The van der Waals surface area contributed by atoms with Crippen LogP contribution in [0.3, 0.4) is 0 Å². The molecule has 0 spiro atoms. The van der Waals surface area contributed by atoms with E-state index in [0.29, 0.717) is 29.6 Å². The van der Waals surface area contributed by atoms with Crippen LogP contribution in [0.2, 0.25) is 0 Å². The average molecular weight is 444 g/mol. The summed E-state index contributed by atoms with van der Waals surface area (Å²) in [6.45, 7) is 2.63. The minimum absolute atomic E-state index is 0.112. The minimum Gasteiger partial charge on any atom is -0.368 e. The summed E-state index contributed by atoms with van der Waals surface area (Å²) < 4.78 is 13.7. The van der Waals surface area contributed by atoms with Crippen molar-refractivity contribution in [2.75, 3.05) is 17.7 Å². The van der Waals surface area contributed by atoms with Gasteiger partial charge in [0.25, 0.3) is 0 Å². The topological polar surface area (TPSA) is 107 Å². The molecule has 0 fully saturated rings. The molecule has 8 heteroatoms. The maximum Gasteiger partial charge on any atom is 0.221 e. The van der Waals surface area contributed by atoms with Crippen molar-refractivity contribution < 1.29 is 4.39 Å². The van der Waals surface area contributed by atoms with Crippen molar-refractivity contribution in [3.05, 3.63) is 89.5 Å². The Labute approximate surface area is 192 Å². The fourth-order valence-electron chi connectivity index (χ4n) is 3.77. The predicted octanol–water partition coefficient (Wildman–Crippen LogP) is 4.23. The molecule has 0 radical (unpaired) electrons. The molecule has 0 amide bonds. The summed E-state index contributed by atoms with van der Waals surface area (Å²) in [5.74, 6) is 1.65. The largest absolute Gasteiger partial charge is 0.368 e. The van der Waals surface area contributed by atoms with Crippen LogP contribution in [0.15, 0.2) is 67.0 Å². The first-order valence-electron chi connectivity index (χ1n) is 10.7. The second-order valence-electron chi connectivity index (χ2n) is 7.94. The molecule has 33 heavy (non-hydrogen) atoms. The summed E-state index contributed by atoms with van der Waals surface area (Å²) in [5, 5.41) is 0.